The summed E-state index contributed by atoms with van der Waals surface area (Å²) in [7, 11) is 0. The van der Waals surface area contributed by atoms with E-state index in [1.54, 1.807) is 12.5 Å². The summed E-state index contributed by atoms with van der Waals surface area (Å²) in [4.78, 5) is 33.1. The second-order valence-corrected chi connectivity index (χ2v) is 8.32. The van der Waals surface area contributed by atoms with Crippen LogP contribution in [0, 0.1) is 6.92 Å². The first-order chi connectivity index (χ1) is 15.1. The van der Waals surface area contributed by atoms with Gasteiger partial charge >= 0.3 is 0 Å². The van der Waals surface area contributed by atoms with Crippen LogP contribution in [0.5, 0.6) is 0 Å². The summed E-state index contributed by atoms with van der Waals surface area (Å²) in [6, 6.07) is 7.51. The molecule has 0 saturated carbocycles. The van der Waals surface area contributed by atoms with Crippen LogP contribution in [0.2, 0.25) is 0 Å². The molecule has 3 aromatic heterocycles. The summed E-state index contributed by atoms with van der Waals surface area (Å²) < 4.78 is 5.28. The Balaban J connectivity index is 1.29. The Kier molecular flexibility index (Phi) is 6.57. The number of nitrogens with zero attached hydrogens (tertiary/aromatic N) is 2. The van der Waals surface area contributed by atoms with Gasteiger partial charge in [-0.05, 0) is 48.1 Å². The average Bonchev–Trinajstić information content (AvgIpc) is 3.29. The topological polar surface area (TPSA) is 96.6 Å². The van der Waals surface area contributed by atoms with E-state index in [9.17, 15) is 9.59 Å². The summed E-state index contributed by atoms with van der Waals surface area (Å²) in [5.41, 5.74) is 4.94. The number of thiophene rings is 1. The normalized spacial score (nSPS) is 12.4. The lowest BCUT2D eigenvalue weighted by atomic mass is 10.1. The summed E-state index contributed by atoms with van der Waals surface area (Å²) in [5, 5.41) is 8.84. The van der Waals surface area contributed by atoms with Crippen LogP contribution in [0.15, 0.2) is 51.5 Å². The van der Waals surface area contributed by atoms with E-state index >= 15 is 0 Å². The van der Waals surface area contributed by atoms with Crippen LogP contribution in [0.3, 0.4) is 0 Å². The second kappa shape index (κ2) is 9.70. The molecular formula is C23H24N4O3S. The van der Waals surface area contributed by atoms with Crippen molar-refractivity contribution in [3.8, 4) is 0 Å². The van der Waals surface area contributed by atoms with Gasteiger partial charge in [-0.3, -0.25) is 19.6 Å². The molecule has 2 N–H and O–H groups in total. The number of anilines is 1. The van der Waals surface area contributed by atoms with E-state index in [2.05, 4.69) is 20.6 Å². The largest absolute Gasteiger partial charge is 0.469 e. The van der Waals surface area contributed by atoms with Gasteiger partial charge < -0.3 is 15.1 Å². The van der Waals surface area contributed by atoms with E-state index in [0.29, 0.717) is 38.8 Å². The molecule has 0 atom stereocenters. The molecule has 0 spiro atoms. The highest BCUT2D eigenvalue weighted by Crippen LogP contribution is 2.32. The number of carbonyl (C=O) groups is 2. The molecule has 8 heteroatoms. The Hall–Kier alpha value is -3.26. The number of nitrogens with one attached hydrogen (secondary N) is 2. The number of hydrogen-bond acceptors (Lipinski definition) is 6. The maximum atomic E-state index is 12.4. The summed E-state index contributed by atoms with van der Waals surface area (Å²) in [6.07, 6.45) is 5.27. The van der Waals surface area contributed by atoms with Gasteiger partial charge in [-0.1, -0.05) is 6.07 Å². The maximum absolute atomic E-state index is 12.4. The lowest BCUT2D eigenvalue weighted by molar-refractivity contribution is -0.120. The third kappa shape index (κ3) is 5.88. The van der Waals surface area contributed by atoms with Crippen LogP contribution in [0.25, 0.3) is 0 Å². The highest BCUT2D eigenvalue weighted by Gasteiger charge is 2.23. The molecule has 0 unspecified atom stereocenters. The minimum atomic E-state index is -0.0488. The molecule has 0 fully saturated rings. The minimum absolute atomic E-state index is 0.0300. The summed E-state index contributed by atoms with van der Waals surface area (Å²) in [6.45, 7) is 3.15. The van der Waals surface area contributed by atoms with Gasteiger partial charge in [0.05, 0.1) is 24.9 Å². The number of amides is 2. The number of pyridine rings is 1. The molecule has 4 rings (SSSR count). The molecule has 0 aromatic carbocycles. The van der Waals surface area contributed by atoms with Crippen LogP contribution in [0.1, 0.15) is 34.6 Å². The van der Waals surface area contributed by atoms with Crippen molar-refractivity contribution >= 4 is 33.9 Å². The lowest BCUT2D eigenvalue weighted by Gasteiger charge is -2.07. The number of aliphatic imine (C=N–C) groups is 1. The predicted molar refractivity (Wildman–Crippen MR) is 121 cm³/mol. The third-order valence-corrected chi connectivity index (χ3v) is 5.90. The van der Waals surface area contributed by atoms with Crippen molar-refractivity contribution in [1.29, 1.82) is 0 Å². The van der Waals surface area contributed by atoms with Gasteiger partial charge in [0.25, 0.3) is 0 Å². The molecule has 31 heavy (non-hydrogen) atoms. The molecule has 0 radical (unpaired) electrons. The first kappa shape index (κ1) is 21.0. The number of carbonyl (C=O) groups excluding carboxylic acids is 2. The molecule has 3 aromatic rings. The predicted octanol–water partition coefficient (Wildman–Crippen LogP) is 3.32. The number of aryl methyl sites for hydroxylation is 2. The average molecular weight is 437 g/mol. The first-order valence-electron chi connectivity index (χ1n) is 10.2. The number of aromatic nitrogens is 1. The smallest absolute Gasteiger partial charge is 0.225 e. The standard InChI is InChI=1S/C23H24N4O3S/c1-15-4-5-16(12-25-15)11-21(29)24-9-8-17-14-31-23(22(17)19-13-26-19)27-20(28)7-6-18-3-2-10-30-18/h2-5,10,12,14H,6-9,11,13H2,1H3,(H,24,29)(H,27,28). The fraction of sp³-hybridized carbons (Fsp3) is 0.304. The Bertz CT molecular complexity index is 1080. The van der Waals surface area contributed by atoms with Gasteiger partial charge in [0.2, 0.25) is 11.8 Å². The quantitative estimate of drug-likeness (QED) is 0.510. The van der Waals surface area contributed by atoms with Crippen molar-refractivity contribution in [1.82, 2.24) is 10.3 Å². The van der Waals surface area contributed by atoms with Crippen molar-refractivity contribution in [2.75, 3.05) is 18.4 Å². The zero-order valence-electron chi connectivity index (χ0n) is 17.3. The van der Waals surface area contributed by atoms with Crippen LogP contribution >= 0.6 is 11.3 Å². The molecule has 0 saturated heterocycles. The zero-order valence-corrected chi connectivity index (χ0v) is 18.1. The van der Waals surface area contributed by atoms with Crippen molar-refractivity contribution in [2.45, 2.75) is 32.6 Å². The monoisotopic (exact) mass is 436 g/mol. The molecule has 0 aliphatic carbocycles. The van der Waals surface area contributed by atoms with Crippen molar-refractivity contribution in [2.24, 2.45) is 4.99 Å². The Labute approximate surface area is 184 Å². The van der Waals surface area contributed by atoms with Gasteiger partial charge in [-0.15, -0.1) is 11.3 Å². The fourth-order valence-corrected chi connectivity index (χ4v) is 4.29. The van der Waals surface area contributed by atoms with Crippen LogP contribution < -0.4 is 10.6 Å². The Morgan fingerprint density at radius 1 is 1.19 bits per heavy atom. The van der Waals surface area contributed by atoms with Crippen molar-refractivity contribution < 1.29 is 14.0 Å². The molecular weight excluding hydrogens is 412 g/mol. The van der Waals surface area contributed by atoms with E-state index in [-0.39, 0.29) is 11.8 Å². The van der Waals surface area contributed by atoms with Gasteiger partial charge in [-0.2, -0.15) is 0 Å². The van der Waals surface area contributed by atoms with Gasteiger partial charge in [0, 0.05) is 36.8 Å². The van der Waals surface area contributed by atoms with E-state index in [1.165, 1.54) is 11.3 Å². The van der Waals surface area contributed by atoms with E-state index < -0.39 is 0 Å². The van der Waals surface area contributed by atoms with Crippen LogP contribution in [-0.4, -0.2) is 35.6 Å². The molecule has 4 heterocycles. The number of furan rings is 1. The molecule has 2 amide bonds. The van der Waals surface area contributed by atoms with Crippen LogP contribution in [0.4, 0.5) is 5.00 Å². The number of rotatable bonds is 10. The Morgan fingerprint density at radius 2 is 2.06 bits per heavy atom. The fourth-order valence-electron chi connectivity index (χ4n) is 3.25. The highest BCUT2D eigenvalue weighted by molar-refractivity contribution is 7.15. The van der Waals surface area contributed by atoms with E-state index in [4.69, 9.17) is 4.42 Å². The van der Waals surface area contributed by atoms with Crippen molar-refractivity contribution in [3.05, 3.63) is 70.3 Å². The molecule has 160 valence electrons. The molecule has 1 aliphatic rings. The molecule has 0 bridgehead atoms. The second-order valence-electron chi connectivity index (χ2n) is 7.44. The minimum Gasteiger partial charge on any atom is -0.469 e. The zero-order chi connectivity index (χ0) is 21.6. The van der Waals surface area contributed by atoms with Gasteiger partial charge in [-0.25, -0.2) is 0 Å². The highest BCUT2D eigenvalue weighted by atomic mass is 32.1. The molecule has 7 nitrogen and oxygen atoms in total. The Morgan fingerprint density at radius 3 is 2.77 bits per heavy atom. The first-order valence-corrected chi connectivity index (χ1v) is 11.1. The van der Waals surface area contributed by atoms with Gasteiger partial charge in [0.15, 0.2) is 0 Å². The third-order valence-electron chi connectivity index (χ3n) is 4.96. The van der Waals surface area contributed by atoms with Crippen LogP contribution in [-0.2, 0) is 28.9 Å². The number of hydrogen-bond donors (Lipinski definition) is 2. The maximum Gasteiger partial charge on any atom is 0.225 e. The van der Waals surface area contributed by atoms with Gasteiger partial charge in [0.1, 0.15) is 10.8 Å². The summed E-state index contributed by atoms with van der Waals surface area (Å²) >= 11 is 1.50. The SMILES string of the molecule is Cc1ccc(CC(=O)NCCc2csc(NC(=O)CCc3ccco3)c2C2=NC2)cn1. The van der Waals surface area contributed by atoms with E-state index in [1.807, 2.05) is 36.6 Å². The van der Waals surface area contributed by atoms with Crippen molar-refractivity contribution in [3.63, 3.8) is 0 Å². The lowest BCUT2D eigenvalue weighted by Crippen LogP contribution is -2.27. The summed E-state index contributed by atoms with van der Waals surface area (Å²) in [5.74, 6) is 0.718. The molecule has 1 aliphatic heterocycles. The van der Waals surface area contributed by atoms with E-state index in [0.717, 1.165) is 38.9 Å².